The summed E-state index contributed by atoms with van der Waals surface area (Å²) < 4.78 is 2.40. The number of non-ortho nitro benzene ring substituents is 1. The van der Waals surface area contributed by atoms with E-state index in [1.54, 1.807) is 31.3 Å². The van der Waals surface area contributed by atoms with Crippen LogP contribution in [0.5, 0.6) is 11.8 Å². The van der Waals surface area contributed by atoms with E-state index in [0.717, 1.165) is 10.6 Å². The van der Waals surface area contributed by atoms with Crippen LogP contribution in [-0.4, -0.2) is 31.2 Å². The molecule has 0 fully saturated rings. The summed E-state index contributed by atoms with van der Waals surface area (Å²) in [7, 11) is 2.93. The highest BCUT2D eigenvalue weighted by Gasteiger charge is 2.53. The molecule has 160 valence electrons. The maximum absolute atomic E-state index is 13.5. The molecule has 0 amide bonds. The van der Waals surface area contributed by atoms with E-state index in [9.17, 15) is 29.9 Å². The number of phenols is 1. The first-order chi connectivity index (χ1) is 15.2. The molecule has 32 heavy (non-hydrogen) atoms. The second-order valence-electron chi connectivity index (χ2n) is 7.89. The molecular weight excluding hydrogens is 416 g/mol. The molecule has 0 bridgehead atoms. The van der Waals surface area contributed by atoms with Crippen LogP contribution in [0, 0.1) is 16.0 Å². The lowest BCUT2D eigenvalue weighted by Crippen LogP contribution is -2.77. The number of nitrogens with zero attached hydrogens (tertiary/aromatic N) is 3. The van der Waals surface area contributed by atoms with E-state index < -0.39 is 22.3 Å². The van der Waals surface area contributed by atoms with Crippen molar-refractivity contribution in [3.8, 4) is 11.8 Å². The Bertz CT molecular complexity index is 1460. The van der Waals surface area contributed by atoms with E-state index in [4.69, 9.17) is 0 Å². The molecule has 1 aliphatic carbocycles. The summed E-state index contributed by atoms with van der Waals surface area (Å²) >= 11 is 0. The quantitative estimate of drug-likeness (QED) is 0.287. The largest absolute Gasteiger partial charge is 0.519 e. The molecule has 3 N–H and O–H groups in total. The predicted octanol–water partition coefficient (Wildman–Crippen LogP) is -0.311. The van der Waals surface area contributed by atoms with Crippen LogP contribution in [0.3, 0.4) is 0 Å². The van der Waals surface area contributed by atoms with Crippen molar-refractivity contribution in [1.29, 1.82) is 0 Å². The highest BCUT2D eigenvalue weighted by atomic mass is 16.6. The summed E-state index contributed by atoms with van der Waals surface area (Å²) in [5.41, 5.74) is 0.961. The molecule has 0 spiro atoms. The second kappa shape index (κ2) is 6.58. The molecular formula is C22H18N4O6+2. The first-order valence-corrected chi connectivity index (χ1v) is 9.79. The molecule has 2 aromatic carbocycles. The van der Waals surface area contributed by atoms with Gasteiger partial charge in [0.2, 0.25) is 0 Å². The molecule has 1 aromatic heterocycles. The van der Waals surface area contributed by atoms with Crippen molar-refractivity contribution in [3.63, 3.8) is 0 Å². The summed E-state index contributed by atoms with van der Waals surface area (Å²) in [4.78, 5) is 40.7. The minimum Gasteiger partial charge on any atom is -0.508 e. The molecule has 0 radical (unpaired) electrons. The summed E-state index contributed by atoms with van der Waals surface area (Å²) in [6.45, 7) is 0. The van der Waals surface area contributed by atoms with Gasteiger partial charge >= 0.3 is 17.4 Å². The van der Waals surface area contributed by atoms with E-state index in [2.05, 4.69) is 4.99 Å². The fourth-order valence-electron chi connectivity index (χ4n) is 4.71. The summed E-state index contributed by atoms with van der Waals surface area (Å²) in [6.07, 6.45) is 0. The van der Waals surface area contributed by atoms with Crippen LogP contribution in [0.4, 0.5) is 11.5 Å². The molecule has 2 aliphatic rings. The number of carbonyl (C=O) groups is 1. The maximum atomic E-state index is 13.5. The minimum atomic E-state index is -1.01. The fraction of sp³-hybridized carbons (Fsp3) is 0.182. The van der Waals surface area contributed by atoms with Crippen molar-refractivity contribution in [1.82, 2.24) is 4.57 Å². The third kappa shape index (κ3) is 2.46. The van der Waals surface area contributed by atoms with E-state index in [1.165, 1.54) is 23.7 Å². The number of ketones is 1. The first-order valence-electron chi connectivity index (χ1n) is 9.79. The lowest BCUT2D eigenvalue weighted by Gasteiger charge is -2.25. The number of aromatic hydroxyl groups is 2. The van der Waals surface area contributed by atoms with Crippen molar-refractivity contribution in [3.05, 3.63) is 85.2 Å². The molecule has 5 rings (SSSR count). The number of phenolic OH excluding ortho intramolecular Hbond substituents is 1. The van der Waals surface area contributed by atoms with E-state index in [-0.39, 0.29) is 40.2 Å². The van der Waals surface area contributed by atoms with Crippen LogP contribution < -0.4 is 15.1 Å². The average molecular weight is 434 g/mol. The maximum Gasteiger partial charge on any atom is 0.519 e. The standard InChI is InChI=1S/C22H16N4O6/c1-24-20-17(21(29)25(2)22(24)30)15(13-9-10(26(31)32)7-8-14(13)27)16-18(23-20)11-5-3-4-6-12(11)19(16)28/h3-9,15-16,27H,1-2H3/p+2. The third-order valence-electron chi connectivity index (χ3n) is 6.26. The molecule has 1 aliphatic heterocycles. The number of nitrogens with one attached hydrogen (secondary N) is 1. The predicted molar refractivity (Wildman–Crippen MR) is 110 cm³/mol. The number of benzene rings is 2. The van der Waals surface area contributed by atoms with Gasteiger partial charge in [0.05, 0.1) is 4.92 Å². The smallest absolute Gasteiger partial charge is 0.508 e. The molecule has 0 saturated carbocycles. The summed E-state index contributed by atoms with van der Waals surface area (Å²) in [5.74, 6) is -2.19. The topological polar surface area (TPSA) is 141 Å². The van der Waals surface area contributed by atoms with E-state index >= 15 is 0 Å². The number of fused-ring (bicyclic) bond motifs is 4. The Morgan fingerprint density at radius 1 is 1.09 bits per heavy atom. The van der Waals surface area contributed by atoms with Gasteiger partial charge in [-0.1, -0.05) is 18.2 Å². The Hall–Kier alpha value is -4.34. The Balaban J connectivity index is 1.91. The molecule has 10 nitrogen and oxygen atoms in total. The third-order valence-corrected chi connectivity index (χ3v) is 6.26. The van der Waals surface area contributed by atoms with Crippen molar-refractivity contribution in [2.24, 2.45) is 20.0 Å². The van der Waals surface area contributed by atoms with Gasteiger partial charge in [0.25, 0.3) is 5.69 Å². The van der Waals surface area contributed by atoms with Gasteiger partial charge in [-0.05, 0) is 12.1 Å². The highest BCUT2D eigenvalue weighted by Crippen LogP contribution is 2.45. The molecule has 10 heteroatoms. The highest BCUT2D eigenvalue weighted by molar-refractivity contribution is 6.27. The van der Waals surface area contributed by atoms with Gasteiger partial charge in [0.1, 0.15) is 31.5 Å². The zero-order valence-corrected chi connectivity index (χ0v) is 17.1. The van der Waals surface area contributed by atoms with Gasteiger partial charge < -0.3 is 10.2 Å². The zero-order chi connectivity index (χ0) is 22.9. The van der Waals surface area contributed by atoms with E-state index in [0.29, 0.717) is 16.8 Å². The summed E-state index contributed by atoms with van der Waals surface area (Å²) in [6, 6.07) is 10.2. The lowest BCUT2D eigenvalue weighted by atomic mass is 9.76. The van der Waals surface area contributed by atoms with E-state index in [1.807, 2.05) is 0 Å². The van der Waals surface area contributed by atoms with Gasteiger partial charge in [0.15, 0.2) is 11.3 Å². The van der Waals surface area contributed by atoms with Gasteiger partial charge in [-0.3, -0.25) is 14.9 Å². The van der Waals surface area contributed by atoms with Crippen LogP contribution in [0.2, 0.25) is 0 Å². The number of nitro groups is 1. The molecule has 3 aromatic rings. The van der Waals surface area contributed by atoms with Crippen LogP contribution in [0.1, 0.15) is 33.0 Å². The Morgan fingerprint density at radius 3 is 2.47 bits per heavy atom. The Labute approximate surface area is 180 Å². The van der Waals surface area contributed by atoms with Crippen LogP contribution in [0.25, 0.3) is 0 Å². The van der Waals surface area contributed by atoms with Gasteiger partial charge in [-0.2, -0.15) is 0 Å². The van der Waals surface area contributed by atoms with Crippen molar-refractivity contribution >= 4 is 23.0 Å². The number of aromatic nitrogens is 2. The normalized spacial score (nSPS) is 18.6. The SMILES string of the molecule is Cn1c(O)[n+](C)c2c(c1=O)C(c1cc([N+](=O)[O-])ccc1O)C1C(=O)c3ccccc3C1=[NH+]2. The average Bonchev–Trinajstić information content (AvgIpc) is 3.07. The Morgan fingerprint density at radius 2 is 1.78 bits per heavy atom. The number of hydrogen-bond acceptors (Lipinski definition) is 6. The summed E-state index contributed by atoms with van der Waals surface area (Å²) in [5, 5.41) is 32.5. The van der Waals surface area contributed by atoms with Gasteiger partial charge in [0, 0.05) is 34.7 Å². The number of carbonyl (C=O) groups excluding carboxylic acids is 1. The van der Waals surface area contributed by atoms with Crippen LogP contribution in [0.15, 0.2) is 47.3 Å². The monoisotopic (exact) mass is 434 g/mol. The number of hydrogen-bond donors (Lipinski definition) is 3. The minimum absolute atomic E-state index is 0.0911. The van der Waals surface area contributed by atoms with Crippen LogP contribution >= 0.6 is 0 Å². The zero-order valence-electron chi connectivity index (χ0n) is 17.1. The lowest BCUT2D eigenvalue weighted by molar-refractivity contribution is -0.724. The van der Waals surface area contributed by atoms with Gasteiger partial charge in [-0.25, -0.2) is 9.79 Å². The number of rotatable bonds is 2. The number of Topliss-reactive ketones (excluding diaryl/α,β-unsaturated/α-hetero) is 1. The Kier molecular flexibility index (Phi) is 4.03. The first kappa shape index (κ1) is 19.6. The fourth-order valence-corrected chi connectivity index (χ4v) is 4.71. The molecule has 2 atom stereocenters. The molecule has 2 unspecified atom stereocenters. The van der Waals surface area contributed by atoms with Crippen molar-refractivity contribution < 1.29 is 29.5 Å². The second-order valence-corrected chi connectivity index (χ2v) is 7.89. The van der Waals surface area contributed by atoms with Crippen molar-refractivity contribution in [2.75, 3.05) is 0 Å². The molecule has 2 heterocycles. The van der Waals surface area contributed by atoms with Crippen molar-refractivity contribution in [2.45, 2.75) is 5.92 Å². The molecule has 0 saturated heterocycles. The van der Waals surface area contributed by atoms with Crippen LogP contribution in [-0.2, 0) is 14.1 Å². The number of nitro benzene ring substituents is 1. The van der Waals surface area contributed by atoms with Gasteiger partial charge in [-0.15, -0.1) is 9.13 Å².